The van der Waals surface area contributed by atoms with E-state index in [1.54, 1.807) is 6.26 Å². The van der Waals surface area contributed by atoms with E-state index in [-0.39, 0.29) is 0 Å². The van der Waals surface area contributed by atoms with E-state index >= 15 is 0 Å². The van der Waals surface area contributed by atoms with E-state index in [1.165, 1.54) is 16.8 Å². The number of rotatable bonds is 6. The smallest absolute Gasteiger partial charge is 0.191 e. The van der Waals surface area contributed by atoms with Crippen molar-refractivity contribution in [1.29, 1.82) is 0 Å². The second kappa shape index (κ2) is 8.27. The van der Waals surface area contributed by atoms with Crippen LogP contribution in [0.25, 0.3) is 0 Å². The van der Waals surface area contributed by atoms with Crippen molar-refractivity contribution in [3.63, 3.8) is 0 Å². The molecule has 0 saturated heterocycles. The van der Waals surface area contributed by atoms with Crippen molar-refractivity contribution in [2.24, 2.45) is 4.99 Å². The molecule has 0 amide bonds. The summed E-state index contributed by atoms with van der Waals surface area (Å²) >= 11 is 0. The molecule has 0 aliphatic rings. The van der Waals surface area contributed by atoms with Gasteiger partial charge in [-0.15, -0.1) is 0 Å². The number of nitrogens with zero attached hydrogens (tertiary/aromatic N) is 2. The largest absolute Gasteiger partial charge is 0.467 e. The third kappa shape index (κ3) is 5.06. The van der Waals surface area contributed by atoms with Crippen LogP contribution in [0.3, 0.4) is 0 Å². The molecule has 5 heteroatoms. The molecule has 1 aromatic heterocycles. The molecule has 0 atom stereocenters. The van der Waals surface area contributed by atoms with Gasteiger partial charge in [-0.3, -0.25) is 0 Å². The van der Waals surface area contributed by atoms with Gasteiger partial charge in [0, 0.05) is 26.3 Å². The molecule has 124 valence electrons. The van der Waals surface area contributed by atoms with Gasteiger partial charge in [0.2, 0.25) is 0 Å². The Balaban J connectivity index is 2.01. The maximum atomic E-state index is 5.33. The quantitative estimate of drug-likeness (QED) is 0.636. The van der Waals surface area contributed by atoms with Crippen LogP contribution >= 0.6 is 0 Å². The fourth-order valence-corrected chi connectivity index (χ4v) is 2.23. The summed E-state index contributed by atoms with van der Waals surface area (Å²) in [6.07, 6.45) is 1.68. The Morgan fingerprint density at radius 2 is 2.04 bits per heavy atom. The van der Waals surface area contributed by atoms with E-state index in [0.29, 0.717) is 13.1 Å². The van der Waals surface area contributed by atoms with Crippen molar-refractivity contribution in [3.05, 3.63) is 53.5 Å². The molecule has 2 aromatic rings. The van der Waals surface area contributed by atoms with Crippen LogP contribution in [0.4, 0.5) is 5.69 Å². The average Bonchev–Trinajstić information content (AvgIpc) is 3.04. The Labute approximate surface area is 138 Å². The summed E-state index contributed by atoms with van der Waals surface area (Å²) < 4.78 is 5.33. The summed E-state index contributed by atoms with van der Waals surface area (Å²) in [6, 6.07) is 10.3. The first kappa shape index (κ1) is 16.9. The summed E-state index contributed by atoms with van der Waals surface area (Å²) in [5.74, 6) is 1.68. The SMILES string of the molecule is CCNC(=NCc1ccc(N(C)C)cc1C)NCc1ccco1. The number of hydrogen-bond acceptors (Lipinski definition) is 3. The van der Waals surface area contributed by atoms with Crippen molar-refractivity contribution in [2.75, 3.05) is 25.5 Å². The molecule has 0 unspecified atom stereocenters. The highest BCUT2D eigenvalue weighted by molar-refractivity contribution is 5.79. The number of anilines is 1. The minimum absolute atomic E-state index is 0.622. The van der Waals surface area contributed by atoms with E-state index < -0.39 is 0 Å². The number of nitrogens with one attached hydrogen (secondary N) is 2. The molecule has 0 aliphatic carbocycles. The maximum absolute atomic E-state index is 5.33. The molecule has 0 radical (unpaired) electrons. The fraction of sp³-hybridized carbons (Fsp3) is 0.389. The molecule has 2 N–H and O–H groups in total. The van der Waals surface area contributed by atoms with Gasteiger partial charge >= 0.3 is 0 Å². The molecular formula is C18H26N4O. The Morgan fingerprint density at radius 1 is 1.22 bits per heavy atom. The molecule has 0 saturated carbocycles. The van der Waals surface area contributed by atoms with Gasteiger partial charge in [-0.2, -0.15) is 0 Å². The van der Waals surface area contributed by atoms with Gasteiger partial charge in [-0.05, 0) is 49.2 Å². The van der Waals surface area contributed by atoms with Crippen LogP contribution in [-0.4, -0.2) is 26.6 Å². The standard InChI is InChI=1S/C18H26N4O/c1-5-19-18(21-13-17-7-6-10-23-17)20-12-15-8-9-16(22(3)4)11-14(15)2/h6-11H,5,12-13H2,1-4H3,(H2,19,20,21). The first-order chi connectivity index (χ1) is 11.1. The number of benzene rings is 1. The van der Waals surface area contributed by atoms with Crippen LogP contribution in [0.15, 0.2) is 46.0 Å². The molecule has 1 heterocycles. The number of furan rings is 1. The molecule has 0 bridgehead atoms. The van der Waals surface area contributed by atoms with E-state index in [1.807, 2.05) is 12.1 Å². The van der Waals surface area contributed by atoms with Crippen molar-refractivity contribution in [1.82, 2.24) is 10.6 Å². The molecular weight excluding hydrogens is 288 g/mol. The second-order valence-electron chi connectivity index (χ2n) is 5.63. The highest BCUT2D eigenvalue weighted by atomic mass is 16.3. The van der Waals surface area contributed by atoms with Gasteiger partial charge < -0.3 is 20.0 Å². The Kier molecular flexibility index (Phi) is 6.09. The number of aliphatic imine (C=N–C) groups is 1. The molecule has 1 aromatic carbocycles. The third-order valence-electron chi connectivity index (χ3n) is 3.60. The lowest BCUT2D eigenvalue weighted by molar-refractivity contribution is 0.501. The van der Waals surface area contributed by atoms with E-state index in [0.717, 1.165) is 18.3 Å². The number of aryl methyl sites for hydroxylation is 1. The van der Waals surface area contributed by atoms with Gasteiger partial charge in [0.05, 0.1) is 19.4 Å². The van der Waals surface area contributed by atoms with Crippen molar-refractivity contribution < 1.29 is 4.42 Å². The topological polar surface area (TPSA) is 52.8 Å². The van der Waals surface area contributed by atoms with Crippen LogP contribution in [0.2, 0.25) is 0 Å². The highest BCUT2D eigenvalue weighted by Crippen LogP contribution is 2.17. The van der Waals surface area contributed by atoms with Crippen LogP contribution < -0.4 is 15.5 Å². The van der Waals surface area contributed by atoms with Crippen molar-refractivity contribution in [2.45, 2.75) is 26.9 Å². The normalized spacial score (nSPS) is 11.4. The Morgan fingerprint density at radius 3 is 2.65 bits per heavy atom. The summed E-state index contributed by atoms with van der Waals surface area (Å²) in [7, 11) is 4.10. The van der Waals surface area contributed by atoms with Gasteiger partial charge in [0.25, 0.3) is 0 Å². The van der Waals surface area contributed by atoms with Crippen LogP contribution in [0.1, 0.15) is 23.8 Å². The summed E-state index contributed by atoms with van der Waals surface area (Å²) in [4.78, 5) is 6.76. The summed E-state index contributed by atoms with van der Waals surface area (Å²) in [5, 5.41) is 6.53. The number of guanidine groups is 1. The molecule has 0 fully saturated rings. The van der Waals surface area contributed by atoms with Gasteiger partial charge in [0.1, 0.15) is 5.76 Å². The van der Waals surface area contributed by atoms with Crippen LogP contribution in [0, 0.1) is 6.92 Å². The van der Waals surface area contributed by atoms with Crippen LogP contribution in [-0.2, 0) is 13.1 Å². The Bertz CT molecular complexity index is 632. The van der Waals surface area contributed by atoms with E-state index in [2.05, 4.69) is 66.7 Å². The summed E-state index contributed by atoms with van der Waals surface area (Å²) in [6.45, 7) is 6.27. The predicted molar refractivity (Wildman–Crippen MR) is 95.9 cm³/mol. The molecule has 0 aliphatic heterocycles. The third-order valence-corrected chi connectivity index (χ3v) is 3.60. The monoisotopic (exact) mass is 314 g/mol. The lowest BCUT2D eigenvalue weighted by atomic mass is 10.1. The van der Waals surface area contributed by atoms with E-state index in [9.17, 15) is 0 Å². The highest BCUT2D eigenvalue weighted by Gasteiger charge is 2.03. The van der Waals surface area contributed by atoms with E-state index in [4.69, 9.17) is 4.42 Å². The Hall–Kier alpha value is -2.43. The zero-order valence-electron chi connectivity index (χ0n) is 14.4. The molecule has 5 nitrogen and oxygen atoms in total. The van der Waals surface area contributed by atoms with Crippen molar-refractivity contribution in [3.8, 4) is 0 Å². The summed E-state index contributed by atoms with van der Waals surface area (Å²) in [5.41, 5.74) is 3.69. The van der Waals surface area contributed by atoms with Gasteiger partial charge in [0.15, 0.2) is 5.96 Å². The van der Waals surface area contributed by atoms with Crippen LogP contribution in [0.5, 0.6) is 0 Å². The molecule has 0 spiro atoms. The molecule has 23 heavy (non-hydrogen) atoms. The molecule has 2 rings (SSSR count). The first-order valence-corrected chi connectivity index (χ1v) is 7.91. The fourth-order valence-electron chi connectivity index (χ4n) is 2.23. The second-order valence-corrected chi connectivity index (χ2v) is 5.63. The number of hydrogen-bond donors (Lipinski definition) is 2. The minimum Gasteiger partial charge on any atom is -0.467 e. The lowest BCUT2D eigenvalue weighted by Crippen LogP contribution is -2.36. The van der Waals surface area contributed by atoms with Gasteiger partial charge in [-0.25, -0.2) is 4.99 Å². The van der Waals surface area contributed by atoms with Gasteiger partial charge in [-0.1, -0.05) is 6.07 Å². The lowest BCUT2D eigenvalue weighted by Gasteiger charge is -2.15. The first-order valence-electron chi connectivity index (χ1n) is 7.91. The minimum atomic E-state index is 0.622. The average molecular weight is 314 g/mol. The maximum Gasteiger partial charge on any atom is 0.191 e. The van der Waals surface area contributed by atoms with Crippen molar-refractivity contribution >= 4 is 11.6 Å². The zero-order valence-corrected chi connectivity index (χ0v) is 14.4. The predicted octanol–water partition coefficient (Wildman–Crippen LogP) is 2.91. The zero-order chi connectivity index (χ0) is 16.7.